The van der Waals surface area contributed by atoms with Gasteiger partial charge >= 0.3 is 0 Å². The minimum Gasteiger partial charge on any atom is -0.377 e. The minimum atomic E-state index is -0.806. The predicted molar refractivity (Wildman–Crippen MR) is 69.8 cm³/mol. The highest BCUT2D eigenvalue weighted by molar-refractivity contribution is 7.10. The Morgan fingerprint density at radius 2 is 2.00 bits per heavy atom. The Bertz CT molecular complexity index is 535. The maximum atomic E-state index is 13.2. The lowest BCUT2D eigenvalue weighted by Crippen LogP contribution is -2.11. The van der Waals surface area contributed by atoms with Crippen molar-refractivity contribution in [1.29, 1.82) is 0 Å². The molecule has 3 rings (SSSR count). The molecule has 0 bridgehead atoms. The van der Waals surface area contributed by atoms with Crippen LogP contribution in [0.5, 0.6) is 0 Å². The molecule has 0 saturated heterocycles. The van der Waals surface area contributed by atoms with Gasteiger partial charge in [-0.15, -0.1) is 11.3 Å². The van der Waals surface area contributed by atoms with Gasteiger partial charge in [-0.05, 0) is 42.3 Å². The van der Waals surface area contributed by atoms with Crippen LogP contribution in [0.3, 0.4) is 0 Å². The van der Waals surface area contributed by atoms with Gasteiger partial charge in [0.05, 0.1) is 6.04 Å². The first-order valence-corrected chi connectivity index (χ1v) is 6.87. The van der Waals surface area contributed by atoms with E-state index in [9.17, 15) is 8.78 Å². The molecule has 2 aromatic rings. The molecular formula is C14H13F2NS. The molecule has 1 unspecified atom stereocenters. The van der Waals surface area contributed by atoms with Gasteiger partial charge in [-0.25, -0.2) is 8.78 Å². The Balaban J connectivity index is 1.82. The topological polar surface area (TPSA) is 12.0 Å². The molecule has 1 aliphatic rings. The molecule has 1 N–H and O–H groups in total. The summed E-state index contributed by atoms with van der Waals surface area (Å²) < 4.78 is 26.1. The van der Waals surface area contributed by atoms with Crippen molar-refractivity contribution < 1.29 is 8.78 Å². The second-order valence-corrected chi connectivity index (χ2v) is 5.58. The molecule has 1 aromatic carbocycles. The summed E-state index contributed by atoms with van der Waals surface area (Å²) in [5, 5.41) is 5.35. The van der Waals surface area contributed by atoms with Crippen LogP contribution >= 0.6 is 11.3 Å². The van der Waals surface area contributed by atoms with Crippen LogP contribution in [0.25, 0.3) is 0 Å². The van der Waals surface area contributed by atoms with Gasteiger partial charge in [0.1, 0.15) is 0 Å². The second kappa shape index (κ2) is 4.69. The molecule has 0 radical (unpaired) electrons. The van der Waals surface area contributed by atoms with Crippen molar-refractivity contribution in [2.24, 2.45) is 5.92 Å². The number of thiophene rings is 1. The summed E-state index contributed by atoms with van der Waals surface area (Å²) in [6, 6.07) is 8.29. The van der Waals surface area contributed by atoms with Gasteiger partial charge in [-0.2, -0.15) is 0 Å². The fourth-order valence-electron chi connectivity index (χ4n) is 2.08. The van der Waals surface area contributed by atoms with Crippen molar-refractivity contribution in [2.75, 3.05) is 5.32 Å². The maximum Gasteiger partial charge on any atom is 0.160 e. The zero-order valence-electron chi connectivity index (χ0n) is 9.70. The lowest BCUT2D eigenvalue weighted by molar-refractivity contribution is 0.508. The molecule has 1 fully saturated rings. The van der Waals surface area contributed by atoms with Gasteiger partial charge < -0.3 is 5.32 Å². The van der Waals surface area contributed by atoms with Crippen LogP contribution in [0.15, 0.2) is 35.7 Å². The first-order valence-electron chi connectivity index (χ1n) is 5.99. The van der Waals surface area contributed by atoms with Crippen LogP contribution < -0.4 is 5.32 Å². The number of rotatable bonds is 4. The third-order valence-corrected chi connectivity index (χ3v) is 4.14. The summed E-state index contributed by atoms with van der Waals surface area (Å²) in [6.07, 6.45) is 2.39. The number of nitrogens with one attached hydrogen (secondary N) is 1. The van der Waals surface area contributed by atoms with E-state index in [1.165, 1.54) is 23.8 Å². The summed E-state index contributed by atoms with van der Waals surface area (Å²) in [6.45, 7) is 0. The fraction of sp³-hybridized carbons (Fsp3) is 0.286. The minimum absolute atomic E-state index is 0.217. The van der Waals surface area contributed by atoms with Crippen LogP contribution in [0.2, 0.25) is 0 Å². The SMILES string of the molecule is Fc1ccc(NC(c2cccs2)C2CC2)cc1F. The normalized spacial score (nSPS) is 16.6. The largest absolute Gasteiger partial charge is 0.377 e. The van der Waals surface area contributed by atoms with Crippen molar-refractivity contribution in [2.45, 2.75) is 18.9 Å². The van der Waals surface area contributed by atoms with Gasteiger partial charge in [0, 0.05) is 16.6 Å². The molecular weight excluding hydrogens is 252 g/mol. The Morgan fingerprint density at radius 3 is 2.61 bits per heavy atom. The quantitative estimate of drug-likeness (QED) is 0.852. The number of hydrogen-bond donors (Lipinski definition) is 1. The smallest absolute Gasteiger partial charge is 0.160 e. The predicted octanol–water partition coefficient (Wildman–Crippen LogP) is 4.59. The Labute approximate surface area is 108 Å². The third kappa shape index (κ3) is 2.38. The highest BCUT2D eigenvalue weighted by Gasteiger charge is 2.32. The van der Waals surface area contributed by atoms with Crippen molar-refractivity contribution >= 4 is 17.0 Å². The van der Waals surface area contributed by atoms with E-state index in [1.54, 1.807) is 17.4 Å². The van der Waals surface area contributed by atoms with Crippen LogP contribution in [0.4, 0.5) is 14.5 Å². The molecule has 0 spiro atoms. The summed E-state index contributed by atoms with van der Waals surface area (Å²) in [5.41, 5.74) is 0.638. The number of benzene rings is 1. The van der Waals surface area contributed by atoms with Gasteiger partial charge in [-0.3, -0.25) is 0 Å². The molecule has 18 heavy (non-hydrogen) atoms. The summed E-state index contributed by atoms with van der Waals surface area (Å²) >= 11 is 1.70. The number of halogens is 2. The zero-order valence-corrected chi connectivity index (χ0v) is 10.5. The van der Waals surface area contributed by atoms with E-state index in [0.717, 1.165) is 6.07 Å². The van der Waals surface area contributed by atoms with Crippen LogP contribution in [-0.4, -0.2) is 0 Å². The van der Waals surface area contributed by atoms with E-state index in [-0.39, 0.29) is 6.04 Å². The van der Waals surface area contributed by atoms with Gasteiger partial charge in [-0.1, -0.05) is 6.07 Å². The lowest BCUT2D eigenvalue weighted by atomic mass is 10.1. The zero-order chi connectivity index (χ0) is 12.5. The highest BCUT2D eigenvalue weighted by Crippen LogP contribution is 2.44. The molecule has 1 atom stereocenters. The summed E-state index contributed by atoms with van der Waals surface area (Å²) in [7, 11) is 0. The maximum absolute atomic E-state index is 13.2. The van der Waals surface area contributed by atoms with Crippen LogP contribution in [0.1, 0.15) is 23.8 Å². The lowest BCUT2D eigenvalue weighted by Gasteiger charge is -2.18. The fourth-order valence-corrected chi connectivity index (χ4v) is 2.95. The van der Waals surface area contributed by atoms with Gasteiger partial charge in [0.25, 0.3) is 0 Å². The van der Waals surface area contributed by atoms with Crippen molar-refractivity contribution in [1.82, 2.24) is 0 Å². The Morgan fingerprint density at radius 1 is 1.17 bits per heavy atom. The van der Waals surface area contributed by atoms with Crippen LogP contribution in [0, 0.1) is 17.6 Å². The monoisotopic (exact) mass is 265 g/mol. The van der Waals surface area contributed by atoms with E-state index in [2.05, 4.69) is 11.4 Å². The third-order valence-electron chi connectivity index (χ3n) is 3.18. The Hall–Kier alpha value is -1.42. The average Bonchev–Trinajstić information content (AvgIpc) is 3.05. The van der Waals surface area contributed by atoms with Crippen LogP contribution in [-0.2, 0) is 0 Å². The van der Waals surface area contributed by atoms with Gasteiger partial charge in [0.2, 0.25) is 0 Å². The molecule has 4 heteroatoms. The first kappa shape index (κ1) is 11.7. The molecule has 1 saturated carbocycles. The molecule has 1 nitrogen and oxygen atoms in total. The molecule has 1 aromatic heterocycles. The summed E-state index contributed by atoms with van der Waals surface area (Å²) in [4.78, 5) is 1.25. The van der Waals surface area contributed by atoms with Crippen molar-refractivity contribution in [3.8, 4) is 0 Å². The first-order chi connectivity index (χ1) is 8.74. The standard InChI is InChI=1S/C14H13F2NS/c15-11-6-5-10(8-12(11)16)17-14(9-3-4-9)13-2-1-7-18-13/h1-2,5-9,14,17H,3-4H2. The molecule has 1 heterocycles. The highest BCUT2D eigenvalue weighted by atomic mass is 32.1. The van der Waals surface area contributed by atoms with E-state index in [4.69, 9.17) is 0 Å². The van der Waals surface area contributed by atoms with E-state index in [0.29, 0.717) is 11.6 Å². The molecule has 0 aliphatic heterocycles. The molecule has 0 amide bonds. The summed E-state index contributed by atoms with van der Waals surface area (Å²) in [5.74, 6) is -1.00. The van der Waals surface area contributed by atoms with E-state index >= 15 is 0 Å². The van der Waals surface area contributed by atoms with E-state index in [1.807, 2.05) is 11.4 Å². The van der Waals surface area contributed by atoms with Crippen molar-refractivity contribution in [3.63, 3.8) is 0 Å². The number of anilines is 1. The van der Waals surface area contributed by atoms with Crippen molar-refractivity contribution in [3.05, 3.63) is 52.2 Å². The van der Waals surface area contributed by atoms with E-state index < -0.39 is 11.6 Å². The average molecular weight is 265 g/mol. The number of hydrogen-bond acceptors (Lipinski definition) is 2. The molecule has 1 aliphatic carbocycles. The second-order valence-electron chi connectivity index (χ2n) is 4.60. The molecule has 94 valence electrons. The Kier molecular flexibility index (Phi) is 3.04. The van der Waals surface area contributed by atoms with Gasteiger partial charge in [0.15, 0.2) is 11.6 Å².